The number of rotatable bonds is 37. The van der Waals surface area contributed by atoms with E-state index in [0.717, 1.165) is 5.56 Å². The molecule has 0 aromatic heterocycles. The van der Waals surface area contributed by atoms with Crippen molar-refractivity contribution < 1.29 is 81.6 Å². The molecule has 10 N–H and O–H groups in total. The predicted molar refractivity (Wildman–Crippen MR) is 343 cm³/mol. The van der Waals surface area contributed by atoms with Crippen LogP contribution in [0.1, 0.15) is 165 Å². The maximum Gasteiger partial charge on any atom is 0.329 e. The van der Waals surface area contributed by atoms with Crippen LogP contribution >= 0.6 is 0 Å². The number of Topliss-reactive ketones (excluding diaryl/α,β-unsaturated/α-hetero) is 4. The van der Waals surface area contributed by atoms with Gasteiger partial charge in [-0.3, -0.25) is 52.7 Å². The number of hydrogen-bond donors (Lipinski definition) is 9. The van der Waals surface area contributed by atoms with Crippen LogP contribution in [0.25, 0.3) is 0 Å². The molecule has 17 atom stereocenters. The van der Waals surface area contributed by atoms with Crippen LogP contribution in [0.15, 0.2) is 54.6 Å². The molecule has 24 heteroatoms. The number of aliphatic hydroxyl groups is 2. The average Bonchev–Trinajstić information content (AvgIpc) is 1.58. The Balaban J connectivity index is 1.51. The van der Waals surface area contributed by atoms with Crippen molar-refractivity contribution in [1.29, 1.82) is 0 Å². The molecule has 93 heavy (non-hydrogen) atoms. The zero-order valence-electron chi connectivity index (χ0n) is 56.0. The molecule has 2 unspecified atom stereocenters. The highest BCUT2D eigenvalue weighted by Gasteiger charge is 2.61. The number of carbonyl (C=O) groups is 12. The molecule has 0 bridgehead atoms. The molecule has 1 heterocycles. The standard InChI is InChI=1S/C69H102FN7O16/c1-12-38(6)51(34-53(80)52(26-27-57(71)84)72-64(87)46(36-78)32-55(82)58(39(7)13-2)73-63(86)45(16-5)31-44-20-18-17-19-21-44)66(89)74-59(40(8)14-3)56(83)33-47(37-79)65(88)75-61-43(11)93-67(90)60(41(9)15-4)76-68(91)69(77-62(85)42(10)30-54(61)81)35-48(69)28-29-92-50-24-22-49(70)23-25-50/h17-25,38-43,45-48,51-52,58-61,78-79H,12-16,26-37H2,1-11H3,(H2,71,84)(H,72,87)(H,73,86)(H,74,89)(H,75,88)(H,76,91)(H,77,85)/t38-,39-,40-,41-,42+,43-,45+,46-,47-,48?,51+,52+,58-,59-,60-,61+,69?/m0/s1. The lowest BCUT2D eigenvalue weighted by atomic mass is 9.83. The third-order valence-electron chi connectivity index (χ3n) is 19.0. The van der Waals surface area contributed by atoms with Gasteiger partial charge in [0.1, 0.15) is 35.3 Å². The van der Waals surface area contributed by atoms with Gasteiger partial charge in [0, 0.05) is 49.9 Å². The summed E-state index contributed by atoms with van der Waals surface area (Å²) in [5, 5.41) is 37.7. The summed E-state index contributed by atoms with van der Waals surface area (Å²) < 4.78 is 25.1. The van der Waals surface area contributed by atoms with Gasteiger partial charge in [-0.15, -0.1) is 0 Å². The molecule has 1 spiro atoms. The van der Waals surface area contributed by atoms with E-state index in [0.29, 0.717) is 44.3 Å². The van der Waals surface area contributed by atoms with Gasteiger partial charge in [0.05, 0.1) is 49.8 Å². The third kappa shape index (κ3) is 22.6. The van der Waals surface area contributed by atoms with E-state index >= 15 is 0 Å². The highest BCUT2D eigenvalue weighted by Crippen LogP contribution is 2.47. The minimum Gasteiger partial charge on any atom is -0.494 e. The third-order valence-corrected chi connectivity index (χ3v) is 19.0. The first kappa shape index (κ1) is 78.0. The van der Waals surface area contributed by atoms with Crippen molar-refractivity contribution in [3.8, 4) is 5.75 Å². The second kappa shape index (κ2) is 37.4. The molecule has 516 valence electrons. The summed E-state index contributed by atoms with van der Waals surface area (Å²) >= 11 is 0. The summed E-state index contributed by atoms with van der Waals surface area (Å²) in [5.74, 6) is -16.8. The Hall–Kier alpha value is -7.47. The Morgan fingerprint density at radius 2 is 1.26 bits per heavy atom. The summed E-state index contributed by atoms with van der Waals surface area (Å²) in [6.07, 6.45) is -1.35. The van der Waals surface area contributed by atoms with Crippen molar-refractivity contribution >= 4 is 70.5 Å². The fourth-order valence-electron chi connectivity index (χ4n) is 11.6. The Kier molecular flexibility index (Phi) is 31.4. The summed E-state index contributed by atoms with van der Waals surface area (Å²) in [6.45, 7) is 17.1. The highest BCUT2D eigenvalue weighted by atomic mass is 19.1. The van der Waals surface area contributed by atoms with E-state index in [9.17, 15) is 72.1 Å². The number of primary amides is 1. The Labute approximate surface area is 546 Å². The van der Waals surface area contributed by atoms with Gasteiger partial charge in [0.2, 0.25) is 41.4 Å². The van der Waals surface area contributed by atoms with Crippen molar-refractivity contribution in [3.05, 3.63) is 66.0 Å². The molecule has 23 nitrogen and oxygen atoms in total. The van der Waals surface area contributed by atoms with Gasteiger partial charge in [-0.1, -0.05) is 125 Å². The maximum absolute atomic E-state index is 14.6. The Morgan fingerprint density at radius 1 is 0.699 bits per heavy atom. The van der Waals surface area contributed by atoms with Gasteiger partial charge in [0.25, 0.3) is 0 Å². The number of halogens is 1. The number of nitrogens with one attached hydrogen (secondary N) is 6. The number of cyclic esters (lactones) is 1. The number of benzene rings is 2. The zero-order chi connectivity index (χ0) is 69.4. The van der Waals surface area contributed by atoms with Gasteiger partial charge in [-0.2, -0.15) is 0 Å². The Morgan fingerprint density at radius 3 is 1.80 bits per heavy atom. The fraction of sp³-hybridized carbons (Fsp3) is 0.652. The monoisotopic (exact) mass is 1300 g/mol. The smallest absolute Gasteiger partial charge is 0.329 e. The predicted octanol–water partition coefficient (Wildman–Crippen LogP) is 4.86. The molecule has 1 aliphatic heterocycles. The quantitative estimate of drug-likeness (QED) is 0.0408. The van der Waals surface area contributed by atoms with E-state index in [4.69, 9.17) is 15.2 Å². The van der Waals surface area contributed by atoms with Gasteiger partial charge in [-0.05, 0) is 98.4 Å². The lowest BCUT2D eigenvalue weighted by Gasteiger charge is -2.30. The molecule has 2 aliphatic rings. The molecular formula is C69H102FN7O16. The van der Waals surface area contributed by atoms with Crippen molar-refractivity contribution in [1.82, 2.24) is 31.9 Å². The SMILES string of the molecule is CC[C@H](Cc1ccccc1)C(=O)N[C@H](C(=O)C[C@@H](CO)C(=O)N[C@H](CCC(N)=O)C(=O)C[C@@H](C(=O)N[C@H](C(=O)C[C@@H](CO)C(=O)N[C@H]1C(=O)C[C@@H](C)C(=O)NC2(CC2CCOc2ccc(F)cc2)C(=O)N[C@@H]([C@@H](C)CC)C(=O)O[C@H]1C)[C@@H](C)CC)[C@@H](C)CC)[C@@H](C)CC. The number of hydrogen-bond acceptors (Lipinski definition) is 16. The average molecular weight is 1300 g/mol. The molecule has 1 saturated heterocycles. The second-order valence-electron chi connectivity index (χ2n) is 25.9. The van der Waals surface area contributed by atoms with E-state index in [-0.39, 0.29) is 44.1 Å². The molecule has 7 amide bonds. The lowest BCUT2D eigenvalue weighted by molar-refractivity contribution is -0.157. The molecule has 2 fully saturated rings. The van der Waals surface area contributed by atoms with Crippen molar-refractivity contribution in [2.45, 2.75) is 208 Å². The van der Waals surface area contributed by atoms with E-state index in [1.807, 2.05) is 44.2 Å². The van der Waals surface area contributed by atoms with Crippen molar-refractivity contribution in [2.75, 3.05) is 19.8 Å². The van der Waals surface area contributed by atoms with Crippen molar-refractivity contribution in [2.24, 2.45) is 64.9 Å². The summed E-state index contributed by atoms with van der Waals surface area (Å²) in [7, 11) is 0. The molecule has 1 saturated carbocycles. The number of esters is 1. The van der Waals surface area contributed by atoms with E-state index in [1.165, 1.54) is 38.1 Å². The molecule has 4 rings (SSSR count). The number of carbonyl (C=O) groups excluding carboxylic acids is 12. The van der Waals surface area contributed by atoms with E-state index in [1.54, 1.807) is 48.5 Å². The Bertz CT molecular complexity index is 2900. The van der Waals surface area contributed by atoms with Crippen LogP contribution in [-0.2, 0) is 68.7 Å². The lowest BCUT2D eigenvalue weighted by Crippen LogP contribution is -2.57. The molecular weight excluding hydrogens is 1200 g/mol. The van der Waals surface area contributed by atoms with Crippen LogP contribution in [0.3, 0.4) is 0 Å². The largest absolute Gasteiger partial charge is 0.494 e. The number of ether oxygens (including phenoxy) is 2. The molecule has 1 aliphatic carbocycles. The zero-order valence-corrected chi connectivity index (χ0v) is 56.0. The highest BCUT2D eigenvalue weighted by molar-refractivity contribution is 6.01. The second-order valence-corrected chi connectivity index (χ2v) is 25.9. The minimum absolute atomic E-state index is 0.106. The van der Waals surface area contributed by atoms with Crippen LogP contribution < -0.4 is 42.4 Å². The van der Waals surface area contributed by atoms with Gasteiger partial charge in [-0.25, -0.2) is 9.18 Å². The van der Waals surface area contributed by atoms with Gasteiger partial charge in [0.15, 0.2) is 23.1 Å². The number of amides is 7. The van der Waals surface area contributed by atoms with Crippen LogP contribution in [0, 0.1) is 65.0 Å². The number of nitrogens with two attached hydrogens (primary N) is 1. The summed E-state index contributed by atoms with van der Waals surface area (Å²) in [5.41, 5.74) is 4.97. The van der Waals surface area contributed by atoms with Gasteiger partial charge >= 0.3 is 5.97 Å². The van der Waals surface area contributed by atoms with Crippen LogP contribution in [-0.4, -0.2) is 142 Å². The molecule has 2 aromatic rings. The number of ketones is 4. The van der Waals surface area contributed by atoms with Crippen LogP contribution in [0.4, 0.5) is 4.39 Å². The normalized spacial score (nSPS) is 22.8. The van der Waals surface area contributed by atoms with E-state index in [2.05, 4.69) is 31.9 Å². The number of aliphatic hydroxyl groups excluding tert-OH is 2. The first-order chi connectivity index (χ1) is 44.0. The topological polar surface area (TPSA) is 362 Å². The first-order valence-corrected chi connectivity index (χ1v) is 33.1. The van der Waals surface area contributed by atoms with Crippen LogP contribution in [0.5, 0.6) is 5.75 Å². The molecule has 2 aromatic carbocycles. The van der Waals surface area contributed by atoms with Crippen LogP contribution in [0.2, 0.25) is 0 Å². The maximum atomic E-state index is 14.6. The summed E-state index contributed by atoms with van der Waals surface area (Å²) in [4.78, 5) is 168. The van der Waals surface area contributed by atoms with E-state index < -0.39 is 204 Å². The minimum atomic E-state index is -1.63. The molecule has 0 radical (unpaired) electrons. The first-order valence-electron chi connectivity index (χ1n) is 33.1. The van der Waals surface area contributed by atoms with Crippen molar-refractivity contribution in [3.63, 3.8) is 0 Å². The summed E-state index contributed by atoms with van der Waals surface area (Å²) in [6, 6.07) is 8.17. The fourth-order valence-corrected chi connectivity index (χ4v) is 11.6. The van der Waals surface area contributed by atoms with Gasteiger partial charge < -0.3 is 57.3 Å².